The first kappa shape index (κ1) is 20.7. The molecule has 0 amide bonds. The second-order valence-corrected chi connectivity index (χ2v) is 6.42. The Balaban J connectivity index is 1.82. The van der Waals surface area contributed by atoms with Gasteiger partial charge in [0, 0.05) is 5.56 Å². The minimum Gasteiger partial charge on any atom is -0.497 e. The molecule has 150 valence electrons. The van der Waals surface area contributed by atoms with E-state index >= 15 is 0 Å². The van der Waals surface area contributed by atoms with Crippen molar-refractivity contribution in [1.29, 1.82) is 5.26 Å². The van der Waals surface area contributed by atoms with Gasteiger partial charge in [-0.2, -0.15) is 5.26 Å². The fourth-order valence-corrected chi connectivity index (χ4v) is 2.86. The van der Waals surface area contributed by atoms with Crippen molar-refractivity contribution >= 4 is 11.9 Å². The van der Waals surface area contributed by atoms with Gasteiger partial charge in [-0.3, -0.25) is 4.79 Å². The third-order valence-electron chi connectivity index (χ3n) is 4.43. The lowest BCUT2D eigenvalue weighted by Gasteiger charge is -2.11. The molecule has 0 fully saturated rings. The summed E-state index contributed by atoms with van der Waals surface area (Å²) in [6, 6.07) is 23.8. The molecule has 0 atom stereocenters. The molecule has 0 saturated heterocycles. The van der Waals surface area contributed by atoms with E-state index in [0.29, 0.717) is 35.0 Å². The van der Waals surface area contributed by atoms with Crippen LogP contribution in [0.25, 0.3) is 6.08 Å². The number of carbonyl (C=O) groups excluding carboxylic acids is 1. The summed E-state index contributed by atoms with van der Waals surface area (Å²) in [5, 5.41) is 9.51. The normalized spacial score (nSPS) is 10.8. The topological polar surface area (TPSA) is 68.6 Å². The summed E-state index contributed by atoms with van der Waals surface area (Å²) in [5.74, 6) is 1.28. The molecular weight excluding hydrogens is 378 g/mol. The van der Waals surface area contributed by atoms with Gasteiger partial charge in [-0.25, -0.2) is 0 Å². The number of ketones is 1. The highest BCUT2D eigenvalue weighted by Crippen LogP contribution is 2.30. The van der Waals surface area contributed by atoms with Gasteiger partial charge >= 0.3 is 0 Å². The van der Waals surface area contributed by atoms with Crippen LogP contribution in [0.2, 0.25) is 0 Å². The maximum Gasteiger partial charge on any atom is 0.203 e. The lowest BCUT2D eigenvalue weighted by Crippen LogP contribution is -2.02. The van der Waals surface area contributed by atoms with Crippen molar-refractivity contribution in [3.05, 3.63) is 95.1 Å². The number of carbonyl (C=O) groups is 1. The molecule has 3 aromatic rings. The quantitative estimate of drug-likeness (QED) is 0.300. The van der Waals surface area contributed by atoms with E-state index in [4.69, 9.17) is 14.2 Å². The van der Waals surface area contributed by atoms with Crippen LogP contribution in [-0.2, 0) is 6.61 Å². The van der Waals surface area contributed by atoms with Crippen molar-refractivity contribution < 1.29 is 19.0 Å². The van der Waals surface area contributed by atoms with E-state index in [0.717, 1.165) is 5.56 Å². The third-order valence-corrected chi connectivity index (χ3v) is 4.43. The summed E-state index contributed by atoms with van der Waals surface area (Å²) in [5.41, 5.74) is 2.10. The van der Waals surface area contributed by atoms with E-state index in [1.807, 2.05) is 36.4 Å². The largest absolute Gasteiger partial charge is 0.497 e. The lowest BCUT2D eigenvalue weighted by atomic mass is 10.0. The molecule has 3 aromatic carbocycles. The number of ether oxygens (including phenoxy) is 3. The van der Waals surface area contributed by atoms with Gasteiger partial charge in [0.1, 0.15) is 24.0 Å². The Morgan fingerprint density at radius 1 is 0.933 bits per heavy atom. The Hall–Kier alpha value is -4.04. The minimum atomic E-state index is -0.375. The fraction of sp³-hybridized carbons (Fsp3) is 0.120. The molecule has 0 aliphatic heterocycles. The summed E-state index contributed by atoms with van der Waals surface area (Å²) < 4.78 is 16.4. The van der Waals surface area contributed by atoms with E-state index in [1.54, 1.807) is 49.6 Å². The smallest absolute Gasteiger partial charge is 0.203 e. The molecule has 0 aromatic heterocycles. The SMILES string of the molecule is COc1cccc(C(=O)/C(C#N)=C/c2ccc(OCc3ccccc3)c(OC)c2)c1. The highest BCUT2D eigenvalue weighted by molar-refractivity contribution is 6.14. The first-order valence-corrected chi connectivity index (χ1v) is 9.30. The van der Waals surface area contributed by atoms with Crippen LogP contribution in [-0.4, -0.2) is 20.0 Å². The second-order valence-electron chi connectivity index (χ2n) is 6.42. The number of hydrogen-bond acceptors (Lipinski definition) is 5. The van der Waals surface area contributed by atoms with Crippen LogP contribution in [0.15, 0.2) is 78.4 Å². The molecule has 30 heavy (non-hydrogen) atoms. The average molecular weight is 399 g/mol. The predicted molar refractivity (Wildman–Crippen MR) is 115 cm³/mol. The number of nitriles is 1. The molecule has 0 spiro atoms. The summed E-state index contributed by atoms with van der Waals surface area (Å²) in [4.78, 5) is 12.7. The van der Waals surface area contributed by atoms with Gasteiger partial charge in [-0.15, -0.1) is 0 Å². The van der Waals surface area contributed by atoms with Crippen molar-refractivity contribution in [2.45, 2.75) is 6.61 Å². The summed E-state index contributed by atoms with van der Waals surface area (Å²) in [7, 11) is 3.07. The molecular formula is C25H21NO4. The summed E-state index contributed by atoms with van der Waals surface area (Å²) >= 11 is 0. The number of benzene rings is 3. The van der Waals surface area contributed by atoms with Crippen molar-refractivity contribution in [2.75, 3.05) is 14.2 Å². The number of Topliss-reactive ketones (excluding diaryl/α,β-unsaturated/α-hetero) is 1. The Bertz CT molecular complexity index is 1100. The molecule has 0 aliphatic carbocycles. The highest BCUT2D eigenvalue weighted by Gasteiger charge is 2.14. The van der Waals surface area contributed by atoms with E-state index in [1.165, 1.54) is 13.2 Å². The van der Waals surface area contributed by atoms with Crippen LogP contribution in [0.3, 0.4) is 0 Å². The van der Waals surface area contributed by atoms with Gasteiger partial charge in [-0.1, -0.05) is 48.5 Å². The highest BCUT2D eigenvalue weighted by atomic mass is 16.5. The van der Waals surface area contributed by atoms with Gasteiger partial charge in [-0.05, 0) is 41.5 Å². The number of hydrogen-bond donors (Lipinski definition) is 0. The molecule has 0 bridgehead atoms. The van der Waals surface area contributed by atoms with Gasteiger partial charge in [0.15, 0.2) is 11.5 Å². The summed E-state index contributed by atoms with van der Waals surface area (Å²) in [6.45, 7) is 0.407. The molecule has 3 rings (SSSR count). The molecule has 0 aliphatic rings. The second kappa shape index (κ2) is 9.94. The Morgan fingerprint density at radius 2 is 1.73 bits per heavy atom. The Kier molecular flexibility index (Phi) is 6.86. The van der Waals surface area contributed by atoms with E-state index < -0.39 is 0 Å². The lowest BCUT2D eigenvalue weighted by molar-refractivity contribution is 0.103. The maximum atomic E-state index is 12.7. The number of rotatable bonds is 8. The van der Waals surface area contributed by atoms with Crippen LogP contribution in [0.1, 0.15) is 21.5 Å². The van der Waals surface area contributed by atoms with E-state index in [-0.39, 0.29) is 11.4 Å². The minimum absolute atomic E-state index is 0.0169. The predicted octanol–water partition coefficient (Wildman–Crippen LogP) is 5.07. The Labute approximate surface area is 175 Å². The van der Waals surface area contributed by atoms with Crippen LogP contribution < -0.4 is 14.2 Å². The zero-order valence-corrected chi connectivity index (χ0v) is 16.8. The standard InChI is InChI=1S/C25H21NO4/c1-28-22-10-6-9-20(15-22)25(27)21(16-26)13-19-11-12-23(24(14-19)29-2)30-17-18-7-4-3-5-8-18/h3-15H,17H2,1-2H3/b21-13+. The fourth-order valence-electron chi connectivity index (χ4n) is 2.86. The number of methoxy groups -OCH3 is 2. The van der Waals surface area contributed by atoms with Crippen molar-refractivity contribution in [3.63, 3.8) is 0 Å². The number of allylic oxidation sites excluding steroid dienone is 1. The van der Waals surface area contributed by atoms with Crippen LogP contribution in [0, 0.1) is 11.3 Å². The monoisotopic (exact) mass is 399 g/mol. The molecule has 5 nitrogen and oxygen atoms in total. The zero-order valence-electron chi connectivity index (χ0n) is 16.8. The van der Waals surface area contributed by atoms with Gasteiger partial charge < -0.3 is 14.2 Å². The Morgan fingerprint density at radius 3 is 2.43 bits per heavy atom. The van der Waals surface area contributed by atoms with Gasteiger partial charge in [0.25, 0.3) is 0 Å². The summed E-state index contributed by atoms with van der Waals surface area (Å²) in [6.07, 6.45) is 1.53. The maximum absolute atomic E-state index is 12.7. The van der Waals surface area contributed by atoms with E-state index in [9.17, 15) is 10.1 Å². The molecule has 0 heterocycles. The van der Waals surface area contributed by atoms with Crippen LogP contribution >= 0.6 is 0 Å². The average Bonchev–Trinajstić information content (AvgIpc) is 2.81. The molecule has 0 radical (unpaired) electrons. The first-order valence-electron chi connectivity index (χ1n) is 9.30. The van der Waals surface area contributed by atoms with Gasteiger partial charge in [0.05, 0.1) is 14.2 Å². The van der Waals surface area contributed by atoms with Crippen LogP contribution in [0.5, 0.6) is 17.2 Å². The van der Waals surface area contributed by atoms with Crippen LogP contribution in [0.4, 0.5) is 0 Å². The molecule has 0 unspecified atom stereocenters. The van der Waals surface area contributed by atoms with Crippen molar-refractivity contribution in [2.24, 2.45) is 0 Å². The molecule has 0 N–H and O–H groups in total. The zero-order chi connectivity index (χ0) is 21.3. The number of nitrogens with zero attached hydrogens (tertiary/aromatic N) is 1. The van der Waals surface area contributed by atoms with Crippen molar-refractivity contribution in [1.82, 2.24) is 0 Å². The third kappa shape index (κ3) is 5.06. The molecule has 5 heteroatoms. The van der Waals surface area contributed by atoms with Crippen molar-refractivity contribution in [3.8, 4) is 23.3 Å². The first-order chi connectivity index (χ1) is 14.6. The van der Waals surface area contributed by atoms with Gasteiger partial charge in [0.2, 0.25) is 5.78 Å². The molecule has 0 saturated carbocycles. The van der Waals surface area contributed by atoms with E-state index in [2.05, 4.69) is 0 Å².